The predicted octanol–water partition coefficient (Wildman–Crippen LogP) is 3.94. The molecule has 538 valence electrons. The summed E-state index contributed by atoms with van der Waals surface area (Å²) in [6.45, 7) is 12.3. The van der Waals surface area contributed by atoms with Crippen LogP contribution in [0.25, 0.3) is 44.4 Å². The zero-order valence-corrected chi connectivity index (χ0v) is 57.7. The topological polar surface area (TPSA) is 411 Å². The van der Waals surface area contributed by atoms with Gasteiger partial charge in [0.1, 0.15) is 0 Å². The predicted molar refractivity (Wildman–Crippen MR) is 366 cm³/mol. The molecule has 0 unspecified atom stereocenters. The Hall–Kier alpha value is -8.94. The van der Waals surface area contributed by atoms with E-state index in [1.165, 1.54) is 29.4 Å². The number of nitrogens with zero attached hydrogens (tertiary/aromatic N) is 8. The fraction of sp³-hybridized carbons (Fsp3) is 0.559. The highest BCUT2D eigenvalue weighted by Gasteiger charge is 2.25. The van der Waals surface area contributed by atoms with Crippen LogP contribution in [0, 0.1) is 13.8 Å². The maximum Gasteiger partial charge on any atom is 0.320 e. The van der Waals surface area contributed by atoms with Crippen LogP contribution >= 0.6 is 0 Å². The van der Waals surface area contributed by atoms with Gasteiger partial charge >= 0.3 is 47.8 Å². The standard InChI is InChI=1S/C68H98N12O18/c1-9-47-43(5)51-29-52-45(7)49(17-13-15-19-69-59(81)33-77(37-63(87)88)25-21-75(35-61(83)84)23-27-79(39-65(91)92)41-67(95)97-11-3)57(73-52)32-58-50(46(8)54(74-58)31-56-48(10-2)44(6)53(72-56)30-55(47)71-51)18-14-16-20-70-60(82)34-78(38-64(89)90)26-22-76(36-62(85)86)24-28-80(40-66(93)94)42-68(96)98-12-4/h29-32,72-73H,9-28,33-42H2,1-8H3,(H,69,81)(H,70,82)(H,83,84)(H,85,86)(H,87,88)(H,89,90)(H,91,92)(H,93,94). The Bertz CT molecular complexity index is 3580. The van der Waals surface area contributed by atoms with Gasteiger partial charge in [0.05, 0.1) is 101 Å². The number of amides is 2. The lowest BCUT2D eigenvalue weighted by atomic mass is 9.99. The van der Waals surface area contributed by atoms with Gasteiger partial charge in [-0.05, 0) is 162 Å². The number of carboxylic acids is 6. The molecule has 3 aromatic heterocycles. The molecule has 0 spiro atoms. The lowest BCUT2D eigenvalue weighted by molar-refractivity contribution is -0.148. The molecule has 30 heteroatoms. The molecule has 0 atom stereocenters. The van der Waals surface area contributed by atoms with Crippen molar-refractivity contribution < 1.29 is 88.1 Å². The number of hydrogen-bond acceptors (Lipinski definition) is 20. The van der Waals surface area contributed by atoms with Crippen LogP contribution in [0.3, 0.4) is 0 Å². The first kappa shape index (κ1) is 79.7. The number of aromatic amines is 2. The molecule has 5 rings (SSSR count). The molecule has 8 bridgehead atoms. The third-order valence-electron chi connectivity index (χ3n) is 17.0. The summed E-state index contributed by atoms with van der Waals surface area (Å²) >= 11 is 0. The van der Waals surface area contributed by atoms with Gasteiger partial charge < -0.3 is 60.7 Å². The van der Waals surface area contributed by atoms with Crippen molar-refractivity contribution in [2.45, 2.75) is 107 Å². The molecule has 0 aliphatic carbocycles. The molecular weight excluding hydrogens is 1270 g/mol. The van der Waals surface area contributed by atoms with Crippen molar-refractivity contribution in [1.29, 1.82) is 0 Å². The SMILES string of the molecule is CCOC(=O)CN(CCN(CCN(CC(=O)O)CC(=O)NCCCCC1=C(C)c2cc3[nH]c(cc4nc(cc5[nH]c(cc1n2)c(CCCCNC(=O)CN(CCN(CCN(CC(=O)O)CC(=O)OCC)CC(=O)O)CC(=O)O)c5C)C(C)=C4CC)c(C)c3CC)CC(=O)O)CC(=O)O. The van der Waals surface area contributed by atoms with Gasteiger partial charge in [-0.25, -0.2) is 9.97 Å². The van der Waals surface area contributed by atoms with Crippen LogP contribution in [0.1, 0.15) is 125 Å². The minimum Gasteiger partial charge on any atom is -0.480 e. The second kappa shape index (κ2) is 40.1. The molecule has 98 heavy (non-hydrogen) atoms. The molecular formula is C68H98N12O18. The first-order valence-corrected chi connectivity index (χ1v) is 33.2. The van der Waals surface area contributed by atoms with E-state index in [0.29, 0.717) is 38.5 Å². The molecule has 30 nitrogen and oxygen atoms in total. The molecule has 0 radical (unpaired) electrons. The highest BCUT2D eigenvalue weighted by atomic mass is 16.5. The Balaban J connectivity index is 1.34. The highest BCUT2D eigenvalue weighted by molar-refractivity contribution is 5.95. The van der Waals surface area contributed by atoms with Crippen LogP contribution in [0.15, 0.2) is 24.3 Å². The number of aryl methyl sites for hydroxylation is 4. The first-order valence-electron chi connectivity index (χ1n) is 33.2. The Morgan fingerprint density at radius 3 is 1.11 bits per heavy atom. The van der Waals surface area contributed by atoms with Crippen molar-refractivity contribution in [3.05, 3.63) is 69.3 Å². The molecule has 3 aromatic rings. The number of carbonyl (C=O) groups excluding carboxylic acids is 4. The van der Waals surface area contributed by atoms with Crippen LogP contribution in [-0.4, -0.2) is 284 Å². The zero-order chi connectivity index (χ0) is 72.2. The number of unbranched alkanes of at least 4 members (excludes halogenated alkanes) is 2. The summed E-state index contributed by atoms with van der Waals surface area (Å²) in [7, 11) is 0. The van der Waals surface area contributed by atoms with E-state index in [4.69, 9.17) is 19.4 Å². The average molecular weight is 1370 g/mol. The second-order valence-electron chi connectivity index (χ2n) is 24.3. The number of aliphatic carboxylic acids is 6. The fourth-order valence-corrected chi connectivity index (χ4v) is 12.0. The molecule has 2 amide bonds. The zero-order valence-electron chi connectivity index (χ0n) is 57.7. The smallest absolute Gasteiger partial charge is 0.320 e. The van der Waals surface area contributed by atoms with Crippen molar-refractivity contribution in [3.8, 4) is 0 Å². The largest absolute Gasteiger partial charge is 0.480 e. The molecule has 10 N–H and O–H groups in total. The lowest BCUT2D eigenvalue weighted by Crippen LogP contribution is -2.46. The average Bonchev–Trinajstić information content (AvgIpc) is 1.63. The monoisotopic (exact) mass is 1370 g/mol. The summed E-state index contributed by atoms with van der Waals surface area (Å²) in [5.41, 5.74) is 15.3. The summed E-state index contributed by atoms with van der Waals surface area (Å²) in [6, 6.07) is 8.35. The second-order valence-corrected chi connectivity index (χ2v) is 24.3. The number of ether oxygens (including phenoxy) is 2. The molecule has 5 heterocycles. The third kappa shape index (κ3) is 26.1. The summed E-state index contributed by atoms with van der Waals surface area (Å²) in [5.74, 6) is -9.31. The van der Waals surface area contributed by atoms with E-state index >= 15 is 0 Å². The van der Waals surface area contributed by atoms with Crippen LogP contribution < -0.4 is 10.6 Å². The maximum absolute atomic E-state index is 13.4. The Morgan fingerprint density at radius 2 is 0.714 bits per heavy atom. The van der Waals surface area contributed by atoms with E-state index in [1.54, 1.807) is 13.8 Å². The molecule has 0 saturated heterocycles. The number of nitrogens with one attached hydrogen (secondary N) is 4. The number of carboxylic acid groups (broad SMARTS) is 6. The van der Waals surface area contributed by atoms with Crippen molar-refractivity contribution in [3.63, 3.8) is 0 Å². The number of hydrogen-bond donors (Lipinski definition) is 10. The summed E-state index contributed by atoms with van der Waals surface area (Å²) in [4.78, 5) is 148. The number of H-pyrrole nitrogens is 2. The van der Waals surface area contributed by atoms with Gasteiger partial charge in [-0.1, -0.05) is 13.8 Å². The summed E-state index contributed by atoms with van der Waals surface area (Å²) in [6.07, 6.45) is 5.05. The van der Waals surface area contributed by atoms with Crippen molar-refractivity contribution in [2.24, 2.45) is 0 Å². The number of esters is 2. The van der Waals surface area contributed by atoms with Gasteiger partial charge in [-0.3, -0.25) is 77.3 Å². The third-order valence-corrected chi connectivity index (χ3v) is 17.0. The van der Waals surface area contributed by atoms with E-state index < -0.39 is 98.8 Å². The van der Waals surface area contributed by atoms with Gasteiger partial charge in [-0.15, -0.1) is 0 Å². The Labute approximate surface area is 570 Å². The maximum atomic E-state index is 13.4. The van der Waals surface area contributed by atoms with Crippen molar-refractivity contribution in [1.82, 2.24) is 60.0 Å². The van der Waals surface area contributed by atoms with Crippen LogP contribution in [-0.2, 0) is 70.3 Å². The number of allylic oxidation sites excluding steroid dienone is 4. The quantitative estimate of drug-likeness (QED) is 0.0283. The van der Waals surface area contributed by atoms with Crippen LogP contribution in [0.4, 0.5) is 0 Å². The van der Waals surface area contributed by atoms with E-state index in [-0.39, 0.29) is 105 Å². The first-order chi connectivity index (χ1) is 46.6. The number of fused-ring (bicyclic) bond motifs is 8. The Kier molecular flexibility index (Phi) is 32.6. The number of carbonyl (C=O) groups is 10. The minimum atomic E-state index is -1.20. The Morgan fingerprint density at radius 1 is 0.388 bits per heavy atom. The summed E-state index contributed by atoms with van der Waals surface area (Å²) < 4.78 is 9.92. The summed E-state index contributed by atoms with van der Waals surface area (Å²) in [5, 5.41) is 63.5. The van der Waals surface area contributed by atoms with Crippen molar-refractivity contribution >= 4 is 104 Å². The molecule has 0 fully saturated rings. The van der Waals surface area contributed by atoms with Crippen LogP contribution in [0.2, 0.25) is 0 Å². The van der Waals surface area contributed by atoms with Crippen LogP contribution in [0.5, 0.6) is 0 Å². The molecule has 0 aromatic carbocycles. The minimum absolute atomic E-state index is 0.00486. The molecule has 0 saturated carbocycles. The number of aromatic nitrogens is 4. The van der Waals surface area contributed by atoms with Gasteiger partial charge in [0, 0.05) is 87.5 Å². The van der Waals surface area contributed by atoms with Crippen molar-refractivity contribution in [2.75, 3.05) is 144 Å². The van der Waals surface area contributed by atoms with Gasteiger partial charge in [0.15, 0.2) is 0 Å². The molecule has 2 aliphatic heterocycles. The van der Waals surface area contributed by atoms with E-state index in [0.717, 1.165) is 102 Å². The van der Waals surface area contributed by atoms with Gasteiger partial charge in [0.2, 0.25) is 11.8 Å². The van der Waals surface area contributed by atoms with E-state index in [1.807, 2.05) is 6.92 Å². The fourth-order valence-electron chi connectivity index (χ4n) is 12.0. The van der Waals surface area contributed by atoms with E-state index in [2.05, 4.69) is 79.5 Å². The number of rotatable bonds is 46. The highest BCUT2D eigenvalue weighted by Crippen LogP contribution is 2.37. The van der Waals surface area contributed by atoms with Gasteiger partial charge in [0.25, 0.3) is 0 Å². The van der Waals surface area contributed by atoms with Gasteiger partial charge in [-0.2, -0.15) is 0 Å². The van der Waals surface area contributed by atoms with E-state index in [9.17, 15) is 78.6 Å². The normalized spacial score (nSPS) is 12.4. The molecule has 2 aliphatic rings. The lowest BCUT2D eigenvalue weighted by Gasteiger charge is -2.27.